The fourth-order valence-electron chi connectivity index (χ4n) is 2.04. The average molecular weight is 541 g/mol. The largest absolute Gasteiger partial charge is 0.744 e. The van der Waals surface area contributed by atoms with Crippen molar-refractivity contribution in [2.75, 3.05) is 0 Å². The van der Waals surface area contributed by atoms with Gasteiger partial charge in [-0.25, -0.2) is 8.42 Å². The first-order valence-corrected chi connectivity index (χ1v) is 14.2. The van der Waals surface area contributed by atoms with E-state index in [0.29, 0.717) is 0 Å². The van der Waals surface area contributed by atoms with Gasteiger partial charge >= 0.3 is 81.2 Å². The Balaban J connectivity index is 0.000000352. The second-order valence-corrected chi connectivity index (χ2v) is 13.2. The average Bonchev–Trinajstić information content (AvgIpc) is 2.66. The van der Waals surface area contributed by atoms with Crippen molar-refractivity contribution in [2.45, 2.75) is 21.3 Å². The van der Waals surface area contributed by atoms with E-state index < -0.39 is 66.4 Å². The Morgan fingerprint density at radius 3 is 1.66 bits per heavy atom. The zero-order chi connectivity index (χ0) is 22.4. The predicted molar refractivity (Wildman–Crippen MR) is 103 cm³/mol. The van der Waals surface area contributed by atoms with Gasteiger partial charge in [0, 0.05) is 0 Å². The van der Waals surface area contributed by atoms with E-state index in [4.69, 9.17) is 0 Å². The molecule has 0 bridgehead atoms. The summed E-state index contributed by atoms with van der Waals surface area (Å²) in [4.78, 5) is 28.3. The summed E-state index contributed by atoms with van der Waals surface area (Å²) in [5, 5.41) is 31.6. The van der Waals surface area contributed by atoms with Gasteiger partial charge in [-0.3, -0.25) is 30.3 Å². The smallest absolute Gasteiger partial charge is 0.300 e. The SMILES string of the molecule is CC[Te+](C)c1ccccc1.O=[N+]([O-])c1cc([N+](=O)[O-])c(S(=O)(=O)[O-])c([N+](=O)[O-])c1. The molecule has 0 spiro atoms. The fourth-order valence-corrected chi connectivity index (χ4v) is 5.54. The van der Waals surface area contributed by atoms with Crippen molar-refractivity contribution in [2.24, 2.45) is 0 Å². The molecule has 0 aliphatic carbocycles. The molecule has 0 aliphatic heterocycles. The summed E-state index contributed by atoms with van der Waals surface area (Å²) >= 11 is -0.819. The third-order valence-corrected chi connectivity index (χ3v) is 9.93. The topological polar surface area (TPSA) is 187 Å². The first-order chi connectivity index (χ1) is 13.4. The molecule has 0 saturated carbocycles. The molecule has 0 atom stereocenters. The number of non-ortho nitro benzene ring substituents is 1. The summed E-state index contributed by atoms with van der Waals surface area (Å²) in [6.45, 7) is 2.30. The molecular formula is C15H15N3O9STe. The third-order valence-electron chi connectivity index (χ3n) is 3.47. The van der Waals surface area contributed by atoms with Gasteiger partial charge in [0.15, 0.2) is 0 Å². The van der Waals surface area contributed by atoms with Crippen LogP contribution in [0.5, 0.6) is 0 Å². The van der Waals surface area contributed by atoms with Crippen molar-refractivity contribution in [3.8, 4) is 0 Å². The number of hydrogen-bond donors (Lipinski definition) is 0. The van der Waals surface area contributed by atoms with Crippen molar-refractivity contribution >= 4 is 50.3 Å². The maximum absolute atomic E-state index is 10.8. The predicted octanol–water partition coefficient (Wildman–Crippen LogP) is 2.35. The molecule has 2 rings (SSSR count). The molecule has 29 heavy (non-hydrogen) atoms. The first kappa shape index (κ1) is 24.4. The molecule has 0 saturated heterocycles. The summed E-state index contributed by atoms with van der Waals surface area (Å²) in [7, 11) is -5.55. The van der Waals surface area contributed by atoms with E-state index in [-0.39, 0.29) is 12.1 Å². The maximum atomic E-state index is 10.8. The van der Waals surface area contributed by atoms with Gasteiger partial charge in [-0.2, -0.15) is 0 Å². The Labute approximate surface area is 172 Å². The molecule has 156 valence electrons. The van der Waals surface area contributed by atoms with Crippen LogP contribution in [-0.2, 0) is 10.1 Å². The Morgan fingerprint density at radius 1 is 0.897 bits per heavy atom. The van der Waals surface area contributed by atoms with Gasteiger partial charge < -0.3 is 4.55 Å². The molecule has 0 aromatic heterocycles. The zero-order valence-corrected chi connectivity index (χ0v) is 18.2. The number of nitro groups is 3. The summed E-state index contributed by atoms with van der Waals surface area (Å²) in [5.74, 6) is 0. The number of benzene rings is 2. The van der Waals surface area contributed by atoms with Crippen molar-refractivity contribution < 1.29 is 27.7 Å². The Morgan fingerprint density at radius 2 is 1.34 bits per heavy atom. The standard InChI is InChI=1S/C9H13Te.C6H3N3O9S/c1-3-10(2)9-7-5-4-6-8-9;10-7(11)3-1-4(8(12)13)6(19(16,17)18)5(2-3)9(14)15/h4-8H,3H2,1-2H3;1-2H,(H,16,17,18)/q+1;/p-1. The van der Waals surface area contributed by atoms with E-state index in [1.165, 1.54) is 4.47 Å². The van der Waals surface area contributed by atoms with Crippen molar-refractivity contribution in [1.29, 1.82) is 0 Å². The monoisotopic (exact) mass is 543 g/mol. The molecule has 0 aliphatic rings. The Kier molecular flexibility index (Phi) is 8.58. The molecule has 2 aromatic rings. The van der Waals surface area contributed by atoms with Crippen LogP contribution < -0.4 is 3.61 Å². The van der Waals surface area contributed by atoms with Crippen molar-refractivity contribution in [3.63, 3.8) is 0 Å². The van der Waals surface area contributed by atoms with E-state index in [1.807, 2.05) is 0 Å². The zero-order valence-electron chi connectivity index (χ0n) is 15.1. The summed E-state index contributed by atoms with van der Waals surface area (Å²) in [5.41, 5.74) is -4.11. The van der Waals surface area contributed by atoms with Crippen molar-refractivity contribution in [3.05, 3.63) is 72.8 Å². The number of rotatable bonds is 6. The molecule has 0 heterocycles. The van der Waals surface area contributed by atoms with E-state index in [0.717, 1.165) is 0 Å². The van der Waals surface area contributed by atoms with Crippen LogP contribution in [0.1, 0.15) is 6.92 Å². The molecule has 12 nitrogen and oxygen atoms in total. The molecular weight excluding hydrogens is 526 g/mol. The number of nitrogens with zero attached hydrogens (tertiary/aromatic N) is 3. The van der Waals surface area contributed by atoms with Gasteiger partial charge in [-0.15, -0.1) is 0 Å². The Hall–Kier alpha value is -2.66. The first-order valence-electron chi connectivity index (χ1n) is 7.64. The van der Waals surface area contributed by atoms with Crippen LogP contribution in [-0.4, -0.2) is 47.3 Å². The molecule has 2 aromatic carbocycles. The molecule has 0 fully saturated rings. The van der Waals surface area contributed by atoms with Crippen LogP contribution in [0.3, 0.4) is 0 Å². The minimum Gasteiger partial charge on any atom is -0.744 e. The molecule has 14 heteroatoms. The quantitative estimate of drug-likeness (QED) is 0.229. The van der Waals surface area contributed by atoms with E-state index >= 15 is 0 Å². The van der Waals surface area contributed by atoms with Gasteiger partial charge in [0.05, 0.1) is 26.9 Å². The van der Waals surface area contributed by atoms with Crippen LogP contribution in [0.2, 0.25) is 9.44 Å². The van der Waals surface area contributed by atoms with Crippen LogP contribution in [0.15, 0.2) is 47.4 Å². The van der Waals surface area contributed by atoms with E-state index in [1.54, 1.807) is 3.61 Å². The van der Waals surface area contributed by atoms with Crippen LogP contribution in [0, 0.1) is 30.3 Å². The molecule has 0 radical (unpaired) electrons. The van der Waals surface area contributed by atoms with Gasteiger partial charge in [0.1, 0.15) is 10.1 Å². The molecule has 0 unspecified atom stereocenters. The second kappa shape index (κ2) is 10.2. The molecule has 0 N–H and O–H groups in total. The van der Waals surface area contributed by atoms with Crippen LogP contribution in [0.4, 0.5) is 17.1 Å². The van der Waals surface area contributed by atoms with Gasteiger partial charge in [0.25, 0.3) is 5.69 Å². The number of nitro benzene ring substituents is 3. The van der Waals surface area contributed by atoms with Crippen LogP contribution in [0.25, 0.3) is 0 Å². The third kappa shape index (κ3) is 6.71. The second-order valence-electron chi connectivity index (χ2n) is 5.28. The minimum absolute atomic E-state index is 0.164. The maximum Gasteiger partial charge on any atom is 0.300 e. The van der Waals surface area contributed by atoms with Crippen LogP contribution >= 0.6 is 0 Å². The van der Waals surface area contributed by atoms with Gasteiger partial charge in [-0.1, -0.05) is 0 Å². The fraction of sp³-hybridized carbons (Fsp3) is 0.200. The minimum atomic E-state index is -5.55. The normalized spacial score (nSPS) is 10.8. The van der Waals surface area contributed by atoms with E-state index in [2.05, 4.69) is 42.2 Å². The van der Waals surface area contributed by atoms with E-state index in [9.17, 15) is 43.3 Å². The molecule has 0 amide bonds. The van der Waals surface area contributed by atoms with Crippen molar-refractivity contribution in [1.82, 2.24) is 0 Å². The van der Waals surface area contributed by atoms with Gasteiger partial charge in [-0.05, 0) is 0 Å². The van der Waals surface area contributed by atoms with Gasteiger partial charge in [0.2, 0.25) is 4.90 Å². The Bertz CT molecular complexity index is 994. The summed E-state index contributed by atoms with van der Waals surface area (Å²) in [6, 6.07) is 11.2. The number of hydrogen-bond acceptors (Lipinski definition) is 9. The summed E-state index contributed by atoms with van der Waals surface area (Å²) in [6.07, 6.45) is 0. The summed E-state index contributed by atoms with van der Waals surface area (Å²) < 4.78 is 35.5.